The number of hydrogen-bond acceptors (Lipinski definition) is 6. The molecule has 35 heavy (non-hydrogen) atoms. The summed E-state index contributed by atoms with van der Waals surface area (Å²) in [5.41, 5.74) is -0.559. The number of halogens is 3. The summed E-state index contributed by atoms with van der Waals surface area (Å²) in [7, 11) is 1.38. The molecule has 0 bridgehead atoms. The largest absolute Gasteiger partial charge is 0.495 e. The van der Waals surface area contributed by atoms with Gasteiger partial charge in [-0.2, -0.15) is 13.2 Å². The molecule has 0 aliphatic rings. The predicted molar refractivity (Wildman–Crippen MR) is 126 cm³/mol. The smallest absolute Gasteiger partial charge is 0.433 e. The fraction of sp³-hybridized carbons (Fsp3) is 0.136. The van der Waals surface area contributed by atoms with E-state index in [1.54, 1.807) is 30.3 Å². The van der Waals surface area contributed by atoms with Gasteiger partial charge in [0.25, 0.3) is 11.6 Å². The Hall–Kier alpha value is -4.26. The molecule has 182 valence electrons. The van der Waals surface area contributed by atoms with Crippen molar-refractivity contribution in [3.8, 4) is 5.75 Å². The standard InChI is InChI=1S/C22H18F3N5O4S/c1-34-17-9-8-15(30(32)33)11-16(17)28-21(35)29-19(13-5-3-2-4-6-13)20(31)27-14-7-10-18(26-12-14)22(23,24)25/h2-12,19H,1H3,(H,27,31)(H2,28,29,35). The highest BCUT2D eigenvalue weighted by atomic mass is 32.1. The third-order valence-electron chi connectivity index (χ3n) is 4.63. The van der Waals surface area contributed by atoms with Crippen molar-refractivity contribution in [2.45, 2.75) is 12.2 Å². The number of pyridine rings is 1. The molecule has 1 aromatic heterocycles. The Morgan fingerprint density at radius 1 is 1.11 bits per heavy atom. The van der Waals surface area contributed by atoms with Crippen molar-refractivity contribution in [3.63, 3.8) is 0 Å². The van der Waals surface area contributed by atoms with E-state index in [2.05, 4.69) is 20.9 Å². The van der Waals surface area contributed by atoms with Crippen LogP contribution in [0.3, 0.4) is 0 Å². The van der Waals surface area contributed by atoms with Gasteiger partial charge >= 0.3 is 6.18 Å². The average molecular weight is 505 g/mol. The van der Waals surface area contributed by atoms with Crippen LogP contribution in [-0.2, 0) is 11.0 Å². The Labute approximate surface area is 202 Å². The van der Waals surface area contributed by atoms with Crippen LogP contribution in [0.5, 0.6) is 5.75 Å². The topological polar surface area (TPSA) is 118 Å². The van der Waals surface area contributed by atoms with Gasteiger partial charge in [0.2, 0.25) is 0 Å². The molecule has 1 heterocycles. The molecule has 0 radical (unpaired) electrons. The first-order valence-electron chi connectivity index (χ1n) is 9.87. The maximum atomic E-state index is 13.0. The van der Waals surface area contributed by atoms with Crippen LogP contribution < -0.4 is 20.7 Å². The number of non-ortho nitro benzene ring substituents is 1. The molecule has 1 atom stereocenters. The van der Waals surface area contributed by atoms with Crippen LogP contribution >= 0.6 is 12.2 Å². The second kappa shape index (κ2) is 10.8. The van der Waals surface area contributed by atoms with Gasteiger partial charge in [-0.25, -0.2) is 4.98 Å². The number of rotatable bonds is 7. The lowest BCUT2D eigenvalue weighted by Crippen LogP contribution is -2.39. The minimum atomic E-state index is -4.61. The van der Waals surface area contributed by atoms with Crippen LogP contribution in [0.4, 0.5) is 30.2 Å². The van der Waals surface area contributed by atoms with E-state index >= 15 is 0 Å². The number of amides is 1. The van der Waals surface area contributed by atoms with Gasteiger partial charge in [0, 0.05) is 12.1 Å². The van der Waals surface area contributed by atoms with E-state index in [1.807, 2.05) is 0 Å². The van der Waals surface area contributed by atoms with E-state index in [1.165, 1.54) is 25.3 Å². The molecule has 3 N–H and O–H groups in total. The fourth-order valence-corrected chi connectivity index (χ4v) is 3.22. The number of benzene rings is 2. The molecule has 2 aromatic carbocycles. The number of thiocarbonyl (C=S) groups is 1. The zero-order valence-electron chi connectivity index (χ0n) is 18.0. The second-order valence-electron chi connectivity index (χ2n) is 7.00. The Kier molecular flexibility index (Phi) is 7.81. The number of nitro groups is 1. The maximum absolute atomic E-state index is 13.0. The number of carbonyl (C=O) groups is 1. The van der Waals surface area contributed by atoms with Gasteiger partial charge in [-0.05, 0) is 36.0 Å². The van der Waals surface area contributed by atoms with Crippen LogP contribution in [0.2, 0.25) is 0 Å². The molecule has 13 heteroatoms. The lowest BCUT2D eigenvalue weighted by atomic mass is 10.1. The van der Waals surface area contributed by atoms with Crippen molar-refractivity contribution in [2.24, 2.45) is 0 Å². The van der Waals surface area contributed by atoms with Crippen molar-refractivity contribution < 1.29 is 27.6 Å². The van der Waals surface area contributed by atoms with E-state index in [0.29, 0.717) is 5.56 Å². The number of aromatic nitrogens is 1. The van der Waals surface area contributed by atoms with Gasteiger partial charge in [-0.1, -0.05) is 30.3 Å². The number of alkyl halides is 3. The van der Waals surface area contributed by atoms with Gasteiger partial charge in [0.15, 0.2) is 5.11 Å². The van der Waals surface area contributed by atoms with Crippen molar-refractivity contribution in [1.82, 2.24) is 10.3 Å². The summed E-state index contributed by atoms with van der Waals surface area (Å²) in [4.78, 5) is 26.9. The number of ether oxygens (including phenoxy) is 1. The van der Waals surface area contributed by atoms with Gasteiger partial charge in [0.05, 0.1) is 29.6 Å². The molecular formula is C22H18F3N5O4S. The highest BCUT2D eigenvalue weighted by molar-refractivity contribution is 7.80. The van der Waals surface area contributed by atoms with Crippen molar-refractivity contribution in [2.75, 3.05) is 17.7 Å². The number of hydrogen-bond donors (Lipinski definition) is 3. The zero-order valence-corrected chi connectivity index (χ0v) is 18.8. The van der Waals surface area contributed by atoms with Gasteiger partial charge in [0.1, 0.15) is 17.5 Å². The van der Waals surface area contributed by atoms with E-state index in [9.17, 15) is 28.1 Å². The molecule has 0 fully saturated rings. The fourth-order valence-electron chi connectivity index (χ4n) is 2.99. The number of anilines is 2. The van der Waals surface area contributed by atoms with Crippen LogP contribution in [0.1, 0.15) is 17.3 Å². The number of nitro benzene ring substituents is 1. The first kappa shape index (κ1) is 25.4. The summed E-state index contributed by atoms with van der Waals surface area (Å²) in [5, 5.41) is 19.1. The molecule has 1 unspecified atom stereocenters. The Bertz CT molecular complexity index is 1220. The van der Waals surface area contributed by atoms with E-state index in [-0.39, 0.29) is 27.9 Å². The first-order chi connectivity index (χ1) is 16.6. The molecule has 0 spiro atoms. The molecule has 0 aliphatic carbocycles. The summed E-state index contributed by atoms with van der Waals surface area (Å²) in [6, 6.07) is 13.1. The average Bonchev–Trinajstić information content (AvgIpc) is 2.82. The highest BCUT2D eigenvalue weighted by Gasteiger charge is 2.32. The molecule has 3 rings (SSSR count). The molecule has 0 saturated carbocycles. The predicted octanol–water partition coefficient (Wildman–Crippen LogP) is 4.68. The number of nitrogens with one attached hydrogen (secondary N) is 3. The van der Waals surface area contributed by atoms with Crippen molar-refractivity contribution >= 4 is 40.3 Å². The molecule has 1 amide bonds. The van der Waals surface area contributed by atoms with Gasteiger partial charge in [-0.3, -0.25) is 14.9 Å². The minimum absolute atomic E-state index is 0.0463. The van der Waals surface area contributed by atoms with E-state index < -0.39 is 28.7 Å². The SMILES string of the molecule is COc1ccc([N+](=O)[O-])cc1NC(=S)NC(C(=O)Nc1ccc(C(F)(F)F)nc1)c1ccccc1. The summed E-state index contributed by atoms with van der Waals surface area (Å²) in [6.45, 7) is 0. The summed E-state index contributed by atoms with van der Waals surface area (Å²) >= 11 is 5.31. The third-order valence-corrected chi connectivity index (χ3v) is 4.85. The maximum Gasteiger partial charge on any atom is 0.433 e. The first-order valence-corrected chi connectivity index (χ1v) is 10.3. The normalized spacial score (nSPS) is 11.8. The quantitative estimate of drug-likeness (QED) is 0.241. The van der Waals surface area contributed by atoms with Crippen LogP contribution in [-0.4, -0.2) is 28.0 Å². The molecule has 9 nitrogen and oxygen atoms in total. The van der Waals surface area contributed by atoms with Crippen molar-refractivity contribution in [1.29, 1.82) is 0 Å². The molecule has 0 aliphatic heterocycles. The minimum Gasteiger partial charge on any atom is -0.495 e. The zero-order chi connectivity index (χ0) is 25.6. The number of carbonyl (C=O) groups excluding carboxylic acids is 1. The molecule has 3 aromatic rings. The van der Waals surface area contributed by atoms with Crippen molar-refractivity contribution in [3.05, 3.63) is 88.2 Å². The summed E-state index contributed by atoms with van der Waals surface area (Å²) in [5.74, 6) is -0.357. The number of nitrogens with zero attached hydrogens (tertiary/aromatic N) is 2. The lowest BCUT2D eigenvalue weighted by molar-refractivity contribution is -0.384. The monoisotopic (exact) mass is 505 g/mol. The van der Waals surface area contributed by atoms with Crippen LogP contribution in [0.15, 0.2) is 66.9 Å². The van der Waals surface area contributed by atoms with E-state index in [0.717, 1.165) is 18.3 Å². The van der Waals surface area contributed by atoms with E-state index in [4.69, 9.17) is 17.0 Å². The molecule has 0 saturated heterocycles. The van der Waals surface area contributed by atoms with Gasteiger partial charge in [-0.15, -0.1) is 0 Å². The lowest BCUT2D eigenvalue weighted by Gasteiger charge is -2.21. The van der Waals surface area contributed by atoms with Crippen LogP contribution in [0, 0.1) is 10.1 Å². The highest BCUT2D eigenvalue weighted by Crippen LogP contribution is 2.30. The van der Waals surface area contributed by atoms with Crippen LogP contribution in [0.25, 0.3) is 0 Å². The molecular weight excluding hydrogens is 487 g/mol. The number of methoxy groups -OCH3 is 1. The summed E-state index contributed by atoms with van der Waals surface area (Å²) in [6.07, 6.45) is -3.71. The second-order valence-corrected chi connectivity index (χ2v) is 7.41. The van der Waals surface area contributed by atoms with Gasteiger partial charge < -0.3 is 20.7 Å². The summed E-state index contributed by atoms with van der Waals surface area (Å²) < 4.78 is 43.4. The third kappa shape index (κ3) is 6.63. The Balaban J connectivity index is 1.81. The Morgan fingerprint density at radius 2 is 1.83 bits per heavy atom. The Morgan fingerprint density at radius 3 is 2.40 bits per heavy atom.